The zero-order chi connectivity index (χ0) is 14.7. The van der Waals surface area contributed by atoms with Crippen LogP contribution in [0.1, 0.15) is 18.4 Å². The third kappa shape index (κ3) is 3.60. The van der Waals surface area contributed by atoms with E-state index in [0.717, 1.165) is 30.2 Å². The van der Waals surface area contributed by atoms with Crippen molar-refractivity contribution in [2.75, 3.05) is 23.3 Å². The Morgan fingerprint density at radius 1 is 1.10 bits per heavy atom. The number of anilines is 2. The minimum absolute atomic E-state index is 0.629. The molecule has 0 atom stereocenters. The molecule has 1 aliphatic rings. The monoisotopic (exact) mass is 321 g/mol. The summed E-state index contributed by atoms with van der Waals surface area (Å²) in [7, 11) is 0. The van der Waals surface area contributed by atoms with E-state index in [0.29, 0.717) is 16.6 Å². The molecule has 0 amide bonds. The zero-order valence-corrected chi connectivity index (χ0v) is 13.2. The standard InChI is InChI=1S/C16H17Cl2N3/c17-13-3-5-15(18)12(9-13)10-19-14-4-6-16(20-11-14)21-7-1-2-8-21/h3-6,9,11,19H,1-2,7-8,10H2. The molecule has 0 aliphatic carbocycles. The molecule has 5 heteroatoms. The van der Waals surface area contributed by atoms with E-state index in [2.05, 4.69) is 27.3 Å². The number of rotatable bonds is 4. The fourth-order valence-corrected chi connectivity index (χ4v) is 2.88. The van der Waals surface area contributed by atoms with Crippen LogP contribution in [0, 0.1) is 0 Å². The second kappa shape index (κ2) is 6.54. The van der Waals surface area contributed by atoms with Crippen molar-refractivity contribution in [2.45, 2.75) is 19.4 Å². The second-order valence-corrected chi connectivity index (χ2v) is 6.03. The Morgan fingerprint density at radius 2 is 1.90 bits per heavy atom. The van der Waals surface area contributed by atoms with Gasteiger partial charge in [0.05, 0.1) is 11.9 Å². The summed E-state index contributed by atoms with van der Waals surface area (Å²) in [5.41, 5.74) is 1.96. The predicted molar refractivity (Wildman–Crippen MR) is 89.5 cm³/mol. The van der Waals surface area contributed by atoms with Crippen molar-refractivity contribution in [3.8, 4) is 0 Å². The van der Waals surface area contributed by atoms with Gasteiger partial charge in [0.2, 0.25) is 0 Å². The van der Waals surface area contributed by atoms with Gasteiger partial charge in [-0.2, -0.15) is 0 Å². The van der Waals surface area contributed by atoms with Crippen LogP contribution in [0.4, 0.5) is 11.5 Å². The lowest BCUT2D eigenvalue weighted by Crippen LogP contribution is -2.18. The maximum Gasteiger partial charge on any atom is 0.128 e. The lowest BCUT2D eigenvalue weighted by molar-refractivity contribution is 0.937. The van der Waals surface area contributed by atoms with Crippen molar-refractivity contribution in [2.24, 2.45) is 0 Å². The quantitative estimate of drug-likeness (QED) is 0.891. The Morgan fingerprint density at radius 3 is 2.62 bits per heavy atom. The molecule has 0 spiro atoms. The van der Waals surface area contributed by atoms with Gasteiger partial charge in [0, 0.05) is 29.7 Å². The molecule has 3 nitrogen and oxygen atoms in total. The topological polar surface area (TPSA) is 28.2 Å². The van der Waals surface area contributed by atoms with E-state index in [1.165, 1.54) is 12.8 Å². The normalized spacial score (nSPS) is 14.5. The zero-order valence-electron chi connectivity index (χ0n) is 11.6. The van der Waals surface area contributed by atoms with Crippen LogP contribution >= 0.6 is 23.2 Å². The van der Waals surface area contributed by atoms with Gasteiger partial charge in [-0.25, -0.2) is 4.98 Å². The first-order valence-corrected chi connectivity index (χ1v) is 7.87. The third-order valence-electron chi connectivity index (χ3n) is 3.67. The van der Waals surface area contributed by atoms with Crippen LogP contribution in [0.3, 0.4) is 0 Å². The minimum Gasteiger partial charge on any atom is -0.380 e. The highest BCUT2D eigenvalue weighted by Gasteiger charge is 2.12. The molecule has 0 unspecified atom stereocenters. The van der Waals surface area contributed by atoms with Crippen LogP contribution < -0.4 is 10.2 Å². The highest BCUT2D eigenvalue weighted by Crippen LogP contribution is 2.23. The number of hydrogen-bond acceptors (Lipinski definition) is 3. The van der Waals surface area contributed by atoms with Gasteiger partial charge in [-0.1, -0.05) is 23.2 Å². The first kappa shape index (κ1) is 14.5. The summed E-state index contributed by atoms with van der Waals surface area (Å²) in [6.45, 7) is 2.85. The van der Waals surface area contributed by atoms with Gasteiger partial charge in [0.15, 0.2) is 0 Å². The first-order valence-electron chi connectivity index (χ1n) is 7.11. The molecule has 1 aromatic heterocycles. The molecule has 110 valence electrons. The first-order chi connectivity index (χ1) is 10.2. The second-order valence-electron chi connectivity index (χ2n) is 5.19. The molecule has 0 radical (unpaired) electrons. The minimum atomic E-state index is 0.629. The van der Waals surface area contributed by atoms with Crippen LogP contribution in [0.5, 0.6) is 0 Å². The van der Waals surface area contributed by atoms with Crippen LogP contribution in [0.2, 0.25) is 10.0 Å². The van der Waals surface area contributed by atoms with E-state index in [-0.39, 0.29) is 0 Å². The lowest BCUT2D eigenvalue weighted by atomic mass is 10.2. The smallest absolute Gasteiger partial charge is 0.128 e. The molecule has 1 N–H and O–H groups in total. The molecular weight excluding hydrogens is 305 g/mol. The van der Waals surface area contributed by atoms with Crippen LogP contribution in [0.25, 0.3) is 0 Å². The van der Waals surface area contributed by atoms with Crippen molar-refractivity contribution in [1.82, 2.24) is 4.98 Å². The van der Waals surface area contributed by atoms with Gasteiger partial charge < -0.3 is 10.2 Å². The van der Waals surface area contributed by atoms with E-state index in [1.807, 2.05) is 18.3 Å². The summed E-state index contributed by atoms with van der Waals surface area (Å²) >= 11 is 12.1. The van der Waals surface area contributed by atoms with E-state index in [1.54, 1.807) is 6.07 Å². The summed E-state index contributed by atoms with van der Waals surface area (Å²) in [6, 6.07) is 9.60. The van der Waals surface area contributed by atoms with E-state index < -0.39 is 0 Å². The van der Waals surface area contributed by atoms with Crippen LogP contribution in [-0.2, 0) is 6.54 Å². The maximum atomic E-state index is 6.15. The van der Waals surface area contributed by atoms with Crippen LogP contribution in [0.15, 0.2) is 36.5 Å². The van der Waals surface area contributed by atoms with Gasteiger partial charge in [0.1, 0.15) is 5.82 Å². The Balaban J connectivity index is 1.64. The third-order valence-corrected chi connectivity index (χ3v) is 4.27. The summed E-state index contributed by atoms with van der Waals surface area (Å²) in [5.74, 6) is 1.05. The number of nitrogens with one attached hydrogen (secondary N) is 1. The molecule has 1 aliphatic heterocycles. The largest absolute Gasteiger partial charge is 0.380 e. The maximum absolute atomic E-state index is 6.15. The molecule has 1 aromatic carbocycles. The van der Waals surface area contributed by atoms with Gasteiger partial charge in [-0.15, -0.1) is 0 Å². The number of aromatic nitrogens is 1. The number of benzene rings is 1. The highest BCUT2D eigenvalue weighted by molar-refractivity contribution is 6.33. The SMILES string of the molecule is Clc1ccc(Cl)c(CNc2ccc(N3CCCC3)nc2)c1. The van der Waals surface area contributed by atoms with E-state index >= 15 is 0 Å². The van der Waals surface area contributed by atoms with Crippen molar-refractivity contribution in [3.05, 3.63) is 52.1 Å². The van der Waals surface area contributed by atoms with Crippen LogP contribution in [-0.4, -0.2) is 18.1 Å². The Hall–Kier alpha value is -1.45. The summed E-state index contributed by atoms with van der Waals surface area (Å²) in [5, 5.41) is 4.73. The molecule has 2 aromatic rings. The Labute approximate surface area is 134 Å². The van der Waals surface area contributed by atoms with E-state index in [4.69, 9.17) is 23.2 Å². The predicted octanol–water partition coefficient (Wildman–Crippen LogP) is 4.60. The van der Waals surface area contributed by atoms with Crippen molar-refractivity contribution in [1.29, 1.82) is 0 Å². The van der Waals surface area contributed by atoms with Crippen molar-refractivity contribution >= 4 is 34.7 Å². The lowest BCUT2D eigenvalue weighted by Gasteiger charge is -2.16. The molecule has 1 fully saturated rings. The average Bonchev–Trinajstić information content (AvgIpc) is 3.03. The van der Waals surface area contributed by atoms with Gasteiger partial charge in [-0.05, 0) is 48.7 Å². The highest BCUT2D eigenvalue weighted by atomic mass is 35.5. The van der Waals surface area contributed by atoms with Gasteiger partial charge in [-0.3, -0.25) is 0 Å². The molecular formula is C16H17Cl2N3. The van der Waals surface area contributed by atoms with Gasteiger partial charge >= 0.3 is 0 Å². The fourth-order valence-electron chi connectivity index (χ4n) is 2.50. The summed E-state index contributed by atoms with van der Waals surface area (Å²) in [6.07, 6.45) is 4.38. The van der Waals surface area contributed by atoms with Gasteiger partial charge in [0.25, 0.3) is 0 Å². The average molecular weight is 322 g/mol. The molecule has 0 saturated carbocycles. The molecule has 3 rings (SSSR count). The Kier molecular flexibility index (Phi) is 4.51. The number of halogens is 2. The molecule has 21 heavy (non-hydrogen) atoms. The molecule has 0 bridgehead atoms. The number of hydrogen-bond donors (Lipinski definition) is 1. The molecule has 1 saturated heterocycles. The Bertz CT molecular complexity index is 607. The molecule has 2 heterocycles. The summed E-state index contributed by atoms with van der Waals surface area (Å²) in [4.78, 5) is 6.83. The number of nitrogens with zero attached hydrogens (tertiary/aromatic N) is 2. The van der Waals surface area contributed by atoms with Crippen molar-refractivity contribution in [3.63, 3.8) is 0 Å². The number of pyridine rings is 1. The van der Waals surface area contributed by atoms with Crippen molar-refractivity contribution < 1.29 is 0 Å². The fraction of sp³-hybridized carbons (Fsp3) is 0.312. The van der Waals surface area contributed by atoms with E-state index in [9.17, 15) is 0 Å². The summed E-state index contributed by atoms with van der Waals surface area (Å²) < 4.78 is 0.